The normalized spacial score (nSPS) is 27.9. The van der Waals surface area contributed by atoms with E-state index in [-0.39, 0.29) is 5.41 Å². The molecule has 1 aromatic rings. The second-order valence-electron chi connectivity index (χ2n) is 4.04. The van der Waals surface area contributed by atoms with Gasteiger partial charge in [-0.05, 0) is 18.6 Å². The summed E-state index contributed by atoms with van der Waals surface area (Å²) in [5, 5.41) is 0. The summed E-state index contributed by atoms with van der Waals surface area (Å²) >= 11 is 1.99. The van der Waals surface area contributed by atoms with Crippen LogP contribution in [0.25, 0.3) is 0 Å². The van der Waals surface area contributed by atoms with Gasteiger partial charge in [0, 0.05) is 11.2 Å². The predicted molar refractivity (Wildman–Crippen MR) is 58.3 cm³/mol. The van der Waals surface area contributed by atoms with Gasteiger partial charge < -0.3 is 10.2 Å². The summed E-state index contributed by atoms with van der Waals surface area (Å²) in [4.78, 5) is 4.15. The molecule has 1 aliphatic rings. The highest BCUT2D eigenvalue weighted by atomic mass is 32.2. The molecule has 0 saturated carbocycles. The predicted octanol–water partition coefficient (Wildman–Crippen LogP) is 1.92. The first-order valence-corrected chi connectivity index (χ1v) is 6.13. The molecular weight excluding hydrogens is 196 g/mol. The Morgan fingerprint density at radius 3 is 3.14 bits per heavy atom. The van der Waals surface area contributed by atoms with Crippen LogP contribution in [0.3, 0.4) is 0 Å². The van der Waals surface area contributed by atoms with Crippen LogP contribution in [0.2, 0.25) is 0 Å². The first-order chi connectivity index (χ1) is 6.74. The van der Waals surface area contributed by atoms with Crippen molar-refractivity contribution in [3.63, 3.8) is 0 Å². The fraction of sp³-hybridized carbons (Fsp3) is 0.700. The maximum Gasteiger partial charge on any atom is 0.208 e. The van der Waals surface area contributed by atoms with Gasteiger partial charge in [0.2, 0.25) is 5.89 Å². The molecule has 4 heteroatoms. The number of hydrogen-bond donors (Lipinski definition) is 1. The zero-order valence-corrected chi connectivity index (χ0v) is 9.27. The van der Waals surface area contributed by atoms with Gasteiger partial charge >= 0.3 is 0 Å². The van der Waals surface area contributed by atoms with Crippen LogP contribution in [0.1, 0.15) is 31.4 Å². The summed E-state index contributed by atoms with van der Waals surface area (Å²) in [6.45, 7) is 2.64. The number of aromatic nitrogens is 1. The van der Waals surface area contributed by atoms with Gasteiger partial charge in [0.05, 0.1) is 12.7 Å². The third-order valence-electron chi connectivity index (χ3n) is 2.76. The number of hydrogen-bond acceptors (Lipinski definition) is 4. The number of nitrogens with two attached hydrogens (primary N) is 1. The van der Waals surface area contributed by atoms with Crippen LogP contribution in [0, 0.1) is 0 Å². The topological polar surface area (TPSA) is 52.0 Å². The minimum Gasteiger partial charge on any atom is -0.444 e. The average Bonchev–Trinajstić information content (AvgIpc) is 2.67. The van der Waals surface area contributed by atoms with Crippen LogP contribution < -0.4 is 5.73 Å². The molecule has 1 unspecified atom stereocenters. The highest BCUT2D eigenvalue weighted by molar-refractivity contribution is 7.99. The van der Waals surface area contributed by atoms with E-state index in [0.717, 1.165) is 11.5 Å². The summed E-state index contributed by atoms with van der Waals surface area (Å²) in [7, 11) is 0. The van der Waals surface area contributed by atoms with Gasteiger partial charge in [0.15, 0.2) is 0 Å². The molecule has 0 radical (unpaired) electrons. The smallest absolute Gasteiger partial charge is 0.208 e. The number of rotatable bonds is 2. The lowest BCUT2D eigenvalue weighted by molar-refractivity contribution is 0.346. The monoisotopic (exact) mass is 212 g/mol. The fourth-order valence-corrected chi connectivity index (χ4v) is 3.04. The van der Waals surface area contributed by atoms with Gasteiger partial charge in [-0.1, -0.05) is 6.92 Å². The summed E-state index contributed by atoms with van der Waals surface area (Å²) in [6.07, 6.45) is 4.30. The van der Waals surface area contributed by atoms with Crippen molar-refractivity contribution in [3.05, 3.63) is 17.8 Å². The van der Waals surface area contributed by atoms with Crippen molar-refractivity contribution in [2.75, 3.05) is 11.5 Å². The number of thioether (sulfide) groups is 1. The highest BCUT2D eigenvalue weighted by Gasteiger charge is 2.32. The molecule has 0 spiro atoms. The third kappa shape index (κ3) is 1.81. The van der Waals surface area contributed by atoms with Crippen molar-refractivity contribution in [1.82, 2.24) is 4.98 Å². The van der Waals surface area contributed by atoms with Gasteiger partial charge in [-0.2, -0.15) is 11.8 Å². The maximum atomic E-state index is 5.63. The van der Waals surface area contributed by atoms with Gasteiger partial charge in [-0.25, -0.2) is 4.98 Å². The lowest BCUT2D eigenvalue weighted by Gasteiger charge is -2.30. The molecule has 1 aliphatic heterocycles. The molecule has 1 fully saturated rings. The Morgan fingerprint density at radius 2 is 2.57 bits per heavy atom. The molecule has 1 saturated heterocycles. The van der Waals surface area contributed by atoms with Crippen LogP contribution in [-0.4, -0.2) is 16.5 Å². The molecule has 3 nitrogen and oxygen atoms in total. The lowest BCUT2D eigenvalue weighted by Crippen LogP contribution is -2.28. The third-order valence-corrected chi connectivity index (χ3v) is 4.18. The summed E-state index contributed by atoms with van der Waals surface area (Å²) in [5.74, 6) is 4.06. The van der Waals surface area contributed by atoms with Gasteiger partial charge in [0.25, 0.3) is 0 Å². The maximum absolute atomic E-state index is 5.63. The number of oxazole rings is 1. The van der Waals surface area contributed by atoms with Crippen molar-refractivity contribution in [3.8, 4) is 0 Å². The molecule has 0 bridgehead atoms. The van der Waals surface area contributed by atoms with Gasteiger partial charge in [-0.15, -0.1) is 0 Å². The van der Waals surface area contributed by atoms with Crippen molar-refractivity contribution in [2.24, 2.45) is 5.73 Å². The molecule has 0 aliphatic carbocycles. The Morgan fingerprint density at radius 1 is 1.71 bits per heavy atom. The second kappa shape index (κ2) is 3.95. The van der Waals surface area contributed by atoms with Crippen LogP contribution in [-0.2, 0) is 12.0 Å². The van der Waals surface area contributed by atoms with E-state index in [2.05, 4.69) is 11.9 Å². The van der Waals surface area contributed by atoms with E-state index in [9.17, 15) is 0 Å². The first-order valence-electron chi connectivity index (χ1n) is 4.97. The molecule has 1 aromatic heterocycles. The minimum absolute atomic E-state index is 0.170. The van der Waals surface area contributed by atoms with Crippen molar-refractivity contribution in [2.45, 2.75) is 31.7 Å². The van der Waals surface area contributed by atoms with E-state index < -0.39 is 0 Å². The van der Waals surface area contributed by atoms with E-state index in [1.54, 1.807) is 0 Å². The fourth-order valence-electron chi connectivity index (χ4n) is 1.81. The molecule has 2 N–H and O–H groups in total. The van der Waals surface area contributed by atoms with E-state index >= 15 is 0 Å². The Labute approximate surface area is 88.5 Å². The van der Waals surface area contributed by atoms with E-state index in [1.165, 1.54) is 18.6 Å². The lowest BCUT2D eigenvalue weighted by atomic mass is 9.85. The quantitative estimate of drug-likeness (QED) is 0.813. The Bertz CT molecular complexity index is 305. The van der Waals surface area contributed by atoms with E-state index in [0.29, 0.717) is 12.4 Å². The number of nitrogens with zero attached hydrogens (tertiary/aromatic N) is 1. The van der Waals surface area contributed by atoms with Crippen LogP contribution in [0.4, 0.5) is 0 Å². The summed E-state index contributed by atoms with van der Waals surface area (Å²) in [5.41, 5.74) is 5.64. The van der Waals surface area contributed by atoms with Crippen LogP contribution >= 0.6 is 11.8 Å². The average molecular weight is 212 g/mol. The van der Waals surface area contributed by atoms with E-state index in [4.69, 9.17) is 10.2 Å². The Hall–Kier alpha value is -0.480. The molecule has 0 amide bonds. The van der Waals surface area contributed by atoms with Crippen LogP contribution in [0.5, 0.6) is 0 Å². The molecule has 2 heterocycles. The van der Waals surface area contributed by atoms with Crippen LogP contribution in [0.15, 0.2) is 10.6 Å². The Balaban J connectivity index is 2.19. The molecule has 1 atom stereocenters. The van der Waals surface area contributed by atoms with Crippen molar-refractivity contribution >= 4 is 11.8 Å². The standard InChI is InChI=1S/C10H16N2OS/c1-10(3-2-4-14-7-10)8-6-12-9(5-11)13-8/h6H,2-5,7,11H2,1H3. The minimum atomic E-state index is 0.170. The zero-order chi connectivity index (χ0) is 10.0. The summed E-state index contributed by atoms with van der Waals surface area (Å²) < 4.78 is 5.63. The second-order valence-corrected chi connectivity index (χ2v) is 5.14. The largest absolute Gasteiger partial charge is 0.444 e. The molecule has 14 heavy (non-hydrogen) atoms. The molecule has 2 rings (SSSR count). The molecule has 0 aromatic carbocycles. The zero-order valence-electron chi connectivity index (χ0n) is 8.45. The van der Waals surface area contributed by atoms with Gasteiger partial charge in [0.1, 0.15) is 5.76 Å². The van der Waals surface area contributed by atoms with Crippen molar-refractivity contribution in [1.29, 1.82) is 0 Å². The van der Waals surface area contributed by atoms with Crippen molar-refractivity contribution < 1.29 is 4.42 Å². The summed E-state index contributed by atoms with van der Waals surface area (Å²) in [6, 6.07) is 0. The molecular formula is C10H16N2OS. The van der Waals surface area contributed by atoms with Gasteiger partial charge in [-0.3, -0.25) is 0 Å². The van der Waals surface area contributed by atoms with E-state index in [1.807, 2.05) is 18.0 Å². The SMILES string of the molecule is CC1(c2cnc(CN)o2)CCCSC1. The Kier molecular flexibility index (Phi) is 2.83. The highest BCUT2D eigenvalue weighted by Crippen LogP contribution is 2.37. The molecule has 78 valence electrons. The first kappa shape index (κ1) is 10.1.